The van der Waals surface area contributed by atoms with Crippen molar-refractivity contribution < 1.29 is 0 Å². The first-order valence-corrected chi connectivity index (χ1v) is 8.45. The third kappa shape index (κ3) is 2.30. The lowest BCUT2D eigenvalue weighted by Crippen LogP contribution is -2.12. The van der Waals surface area contributed by atoms with Crippen LogP contribution in [0.15, 0.2) is 40.3 Å². The Balaban J connectivity index is 1.80. The molecule has 7 nitrogen and oxygen atoms in total. The molecule has 0 saturated heterocycles. The molecule has 1 atom stereocenters. The Morgan fingerprint density at radius 1 is 1.21 bits per heavy atom. The van der Waals surface area contributed by atoms with Crippen LogP contribution >= 0.6 is 11.8 Å². The highest BCUT2D eigenvalue weighted by molar-refractivity contribution is 7.99. The summed E-state index contributed by atoms with van der Waals surface area (Å²) in [5.41, 5.74) is 2.72. The highest BCUT2D eigenvalue weighted by Gasteiger charge is 2.19. The van der Waals surface area contributed by atoms with Gasteiger partial charge >= 0.3 is 0 Å². The first kappa shape index (κ1) is 14.9. The fourth-order valence-corrected chi connectivity index (χ4v) is 3.73. The molecular formula is C16H16N6OS. The molecule has 3 heterocycles. The second-order valence-electron chi connectivity index (χ2n) is 5.70. The van der Waals surface area contributed by atoms with E-state index >= 15 is 0 Å². The minimum atomic E-state index is -0.137. The minimum absolute atomic E-state index is 0.0519. The van der Waals surface area contributed by atoms with E-state index in [1.165, 1.54) is 17.8 Å². The molecule has 0 aliphatic carbocycles. The number of thioether (sulfide) groups is 1. The summed E-state index contributed by atoms with van der Waals surface area (Å²) in [4.78, 5) is 18.9. The molecule has 4 rings (SSSR count). The van der Waals surface area contributed by atoms with Gasteiger partial charge in [-0.1, -0.05) is 23.9 Å². The Kier molecular flexibility index (Phi) is 3.42. The summed E-state index contributed by atoms with van der Waals surface area (Å²) >= 11 is 1.52. The number of aromatic amines is 1. The quantitative estimate of drug-likeness (QED) is 0.580. The Morgan fingerprint density at radius 2 is 1.96 bits per heavy atom. The zero-order chi connectivity index (χ0) is 16.8. The Labute approximate surface area is 141 Å². The standard InChI is InChI=1S/C16H16N6OS/c1-9-8-13(23)18-14(17-9)10(2)24-16-20-19-15-21(3)11-6-4-5-7-12(11)22(15)16/h4-8,10H,1-3H3,(H,17,18,23). The van der Waals surface area contributed by atoms with Crippen molar-refractivity contribution in [3.05, 3.63) is 52.2 Å². The maximum absolute atomic E-state index is 11.7. The van der Waals surface area contributed by atoms with Gasteiger partial charge in [0.05, 0.1) is 16.3 Å². The fraction of sp³-hybridized carbons (Fsp3) is 0.250. The lowest BCUT2D eigenvalue weighted by atomic mass is 10.3. The first-order valence-electron chi connectivity index (χ1n) is 7.57. The highest BCUT2D eigenvalue weighted by atomic mass is 32.2. The molecule has 0 aliphatic rings. The number of H-pyrrole nitrogens is 1. The summed E-state index contributed by atoms with van der Waals surface area (Å²) in [7, 11) is 1.98. The van der Waals surface area contributed by atoms with E-state index in [0.717, 1.165) is 22.0 Å². The molecule has 0 saturated carbocycles. The van der Waals surface area contributed by atoms with Crippen molar-refractivity contribution in [3.63, 3.8) is 0 Å². The number of aryl methyl sites for hydroxylation is 2. The van der Waals surface area contributed by atoms with Gasteiger partial charge in [-0.05, 0) is 26.0 Å². The smallest absolute Gasteiger partial charge is 0.251 e. The minimum Gasteiger partial charge on any atom is -0.311 e. The van der Waals surface area contributed by atoms with Gasteiger partial charge in [0.25, 0.3) is 5.56 Å². The Hall–Kier alpha value is -2.61. The lowest BCUT2D eigenvalue weighted by molar-refractivity contribution is 0.867. The van der Waals surface area contributed by atoms with Crippen LogP contribution in [0.25, 0.3) is 16.8 Å². The molecular weight excluding hydrogens is 324 g/mol. The van der Waals surface area contributed by atoms with Crippen molar-refractivity contribution in [1.82, 2.24) is 29.1 Å². The normalized spacial score (nSPS) is 13.0. The van der Waals surface area contributed by atoms with Crippen LogP contribution < -0.4 is 5.56 Å². The van der Waals surface area contributed by atoms with Crippen LogP contribution in [0, 0.1) is 6.92 Å². The van der Waals surface area contributed by atoms with Crippen molar-refractivity contribution in [2.24, 2.45) is 7.05 Å². The van der Waals surface area contributed by atoms with E-state index in [-0.39, 0.29) is 10.8 Å². The van der Waals surface area contributed by atoms with E-state index in [1.807, 2.05) is 48.1 Å². The summed E-state index contributed by atoms with van der Waals surface area (Å²) in [6.07, 6.45) is 0. The summed E-state index contributed by atoms with van der Waals surface area (Å²) in [5.74, 6) is 1.43. The number of aromatic nitrogens is 6. The maximum atomic E-state index is 11.7. The summed E-state index contributed by atoms with van der Waals surface area (Å²) in [6, 6.07) is 9.60. The lowest BCUT2D eigenvalue weighted by Gasteiger charge is -2.09. The summed E-state index contributed by atoms with van der Waals surface area (Å²) < 4.78 is 4.05. The van der Waals surface area contributed by atoms with Gasteiger partial charge in [0, 0.05) is 18.8 Å². The van der Waals surface area contributed by atoms with Crippen LogP contribution in [0.1, 0.15) is 23.7 Å². The topological polar surface area (TPSA) is 80.9 Å². The highest BCUT2D eigenvalue weighted by Crippen LogP contribution is 2.33. The monoisotopic (exact) mass is 340 g/mol. The predicted molar refractivity (Wildman–Crippen MR) is 93.3 cm³/mol. The van der Waals surface area contributed by atoms with Gasteiger partial charge in [-0.2, -0.15) is 0 Å². The molecule has 0 radical (unpaired) electrons. The number of hydrogen-bond donors (Lipinski definition) is 1. The largest absolute Gasteiger partial charge is 0.311 e. The van der Waals surface area contributed by atoms with Crippen molar-refractivity contribution in [2.45, 2.75) is 24.3 Å². The number of fused-ring (bicyclic) bond motifs is 3. The van der Waals surface area contributed by atoms with E-state index in [4.69, 9.17) is 0 Å². The van der Waals surface area contributed by atoms with Crippen LogP contribution in [-0.4, -0.2) is 29.1 Å². The molecule has 0 amide bonds. The second-order valence-corrected chi connectivity index (χ2v) is 7.01. The van der Waals surface area contributed by atoms with E-state index in [1.54, 1.807) is 0 Å². The van der Waals surface area contributed by atoms with Crippen molar-refractivity contribution >= 4 is 28.6 Å². The molecule has 1 unspecified atom stereocenters. The van der Waals surface area contributed by atoms with Crippen LogP contribution in [-0.2, 0) is 7.05 Å². The van der Waals surface area contributed by atoms with Gasteiger partial charge in [-0.15, -0.1) is 10.2 Å². The van der Waals surface area contributed by atoms with Gasteiger partial charge in [0.15, 0.2) is 5.16 Å². The molecule has 122 valence electrons. The Bertz CT molecular complexity index is 1110. The number of hydrogen-bond acceptors (Lipinski definition) is 5. The van der Waals surface area contributed by atoms with Gasteiger partial charge in [-0.25, -0.2) is 4.98 Å². The predicted octanol–water partition coefficient (Wildman–Crippen LogP) is 2.47. The fourth-order valence-electron chi connectivity index (χ4n) is 2.82. The van der Waals surface area contributed by atoms with Crippen LogP contribution in [0.5, 0.6) is 0 Å². The van der Waals surface area contributed by atoms with Crippen LogP contribution in [0.4, 0.5) is 0 Å². The van der Waals surface area contributed by atoms with Crippen LogP contribution in [0.3, 0.4) is 0 Å². The molecule has 0 spiro atoms. The molecule has 1 aromatic carbocycles. The molecule has 0 fully saturated rings. The summed E-state index contributed by atoms with van der Waals surface area (Å²) in [5, 5.41) is 9.34. The van der Waals surface area contributed by atoms with Gasteiger partial charge in [-0.3, -0.25) is 9.20 Å². The maximum Gasteiger partial charge on any atom is 0.251 e. The van der Waals surface area contributed by atoms with E-state index in [2.05, 4.69) is 26.2 Å². The average molecular weight is 340 g/mol. The molecule has 3 aromatic heterocycles. The van der Waals surface area contributed by atoms with Gasteiger partial charge in [0.1, 0.15) is 5.82 Å². The first-order chi connectivity index (χ1) is 11.5. The number of benzene rings is 1. The van der Waals surface area contributed by atoms with Crippen molar-refractivity contribution in [1.29, 1.82) is 0 Å². The number of imidazole rings is 1. The summed E-state index contributed by atoms with van der Waals surface area (Å²) in [6.45, 7) is 3.81. The molecule has 0 aliphatic heterocycles. The Morgan fingerprint density at radius 3 is 2.71 bits per heavy atom. The van der Waals surface area contributed by atoms with Crippen molar-refractivity contribution in [2.75, 3.05) is 0 Å². The van der Waals surface area contributed by atoms with Gasteiger partial charge < -0.3 is 9.55 Å². The molecule has 0 bridgehead atoms. The average Bonchev–Trinajstić information content (AvgIpc) is 3.08. The van der Waals surface area contributed by atoms with E-state index < -0.39 is 0 Å². The van der Waals surface area contributed by atoms with E-state index in [0.29, 0.717) is 11.5 Å². The number of rotatable bonds is 3. The van der Waals surface area contributed by atoms with Crippen LogP contribution in [0.2, 0.25) is 0 Å². The third-order valence-electron chi connectivity index (χ3n) is 3.96. The SMILES string of the molecule is Cc1cc(=O)[nH]c(C(C)Sc2nnc3n(C)c4ccccc4n23)n1. The van der Waals surface area contributed by atoms with Crippen molar-refractivity contribution in [3.8, 4) is 0 Å². The third-order valence-corrected chi connectivity index (χ3v) is 5.01. The number of nitrogens with zero attached hydrogens (tertiary/aromatic N) is 5. The zero-order valence-electron chi connectivity index (χ0n) is 13.5. The van der Waals surface area contributed by atoms with Gasteiger partial charge in [0.2, 0.25) is 5.78 Å². The molecule has 1 N–H and O–H groups in total. The number of para-hydroxylation sites is 2. The molecule has 8 heteroatoms. The number of nitrogens with one attached hydrogen (secondary N) is 1. The molecule has 4 aromatic rings. The van der Waals surface area contributed by atoms with E-state index in [9.17, 15) is 4.79 Å². The zero-order valence-corrected chi connectivity index (χ0v) is 14.3. The molecule has 24 heavy (non-hydrogen) atoms. The second kappa shape index (κ2) is 5.48.